The number of primary amides is 1. The molecule has 0 unspecified atom stereocenters. The summed E-state index contributed by atoms with van der Waals surface area (Å²) in [5.74, 6) is -0.486. The third kappa shape index (κ3) is 2.88. The molecule has 114 valence electrons. The van der Waals surface area contributed by atoms with Crippen molar-refractivity contribution in [2.24, 2.45) is 5.73 Å². The van der Waals surface area contributed by atoms with Gasteiger partial charge in [0.25, 0.3) is 5.91 Å². The second-order valence-corrected chi connectivity index (χ2v) is 6.87. The number of rotatable bonds is 2. The zero-order valence-corrected chi connectivity index (χ0v) is 12.8. The highest BCUT2D eigenvalue weighted by Crippen LogP contribution is 2.41. The largest absolute Gasteiger partial charge is 0.366 e. The molecule has 1 aromatic rings. The summed E-state index contributed by atoms with van der Waals surface area (Å²) < 4.78 is 6.40. The standard InChI is InChI=1S/C16H23N3O2/c1-15(2)10-19(11-16(21-15)6-3-4-7-16)12-5-8-18-13(9-12)14(17)20/h5,8-9H,3-4,6-7,10-11H2,1-2H3,(H2,17,20). The number of amides is 1. The smallest absolute Gasteiger partial charge is 0.267 e. The lowest BCUT2D eigenvalue weighted by molar-refractivity contribution is -0.148. The van der Waals surface area contributed by atoms with Crippen molar-refractivity contribution in [3.05, 3.63) is 24.0 Å². The Kier molecular flexibility index (Phi) is 3.40. The third-order valence-electron chi connectivity index (χ3n) is 4.42. The highest BCUT2D eigenvalue weighted by Gasteiger charge is 2.45. The van der Waals surface area contributed by atoms with E-state index in [2.05, 4.69) is 23.7 Å². The number of hydrogen-bond acceptors (Lipinski definition) is 4. The number of carbonyl (C=O) groups is 1. The molecule has 1 aliphatic carbocycles. The van der Waals surface area contributed by atoms with Crippen molar-refractivity contribution in [1.82, 2.24) is 4.98 Å². The van der Waals surface area contributed by atoms with E-state index in [1.807, 2.05) is 6.07 Å². The van der Waals surface area contributed by atoms with Crippen molar-refractivity contribution in [2.75, 3.05) is 18.0 Å². The lowest BCUT2D eigenvalue weighted by atomic mass is 9.93. The first-order chi connectivity index (χ1) is 9.89. The first-order valence-corrected chi connectivity index (χ1v) is 7.60. The minimum atomic E-state index is -0.486. The zero-order valence-electron chi connectivity index (χ0n) is 12.8. The van der Waals surface area contributed by atoms with E-state index in [0.717, 1.165) is 31.6 Å². The van der Waals surface area contributed by atoms with Gasteiger partial charge in [-0.3, -0.25) is 9.78 Å². The van der Waals surface area contributed by atoms with Crippen molar-refractivity contribution >= 4 is 11.6 Å². The fraction of sp³-hybridized carbons (Fsp3) is 0.625. The van der Waals surface area contributed by atoms with E-state index in [1.54, 1.807) is 12.3 Å². The minimum absolute atomic E-state index is 0.0437. The van der Waals surface area contributed by atoms with Crippen LogP contribution in [0.4, 0.5) is 5.69 Å². The molecule has 5 nitrogen and oxygen atoms in total. The topological polar surface area (TPSA) is 68.5 Å². The maximum absolute atomic E-state index is 11.3. The van der Waals surface area contributed by atoms with E-state index in [0.29, 0.717) is 5.69 Å². The van der Waals surface area contributed by atoms with E-state index in [4.69, 9.17) is 10.5 Å². The molecule has 0 radical (unpaired) electrons. The van der Waals surface area contributed by atoms with Crippen LogP contribution >= 0.6 is 0 Å². The van der Waals surface area contributed by atoms with Crippen LogP contribution in [0.2, 0.25) is 0 Å². The fourth-order valence-corrected chi connectivity index (χ4v) is 3.73. The number of carbonyl (C=O) groups excluding carboxylic acids is 1. The normalized spacial score (nSPS) is 23.4. The van der Waals surface area contributed by atoms with E-state index in [-0.39, 0.29) is 11.2 Å². The van der Waals surface area contributed by atoms with E-state index in [1.165, 1.54) is 12.8 Å². The molecule has 0 bridgehead atoms. The molecule has 2 aliphatic rings. The Hall–Kier alpha value is -1.62. The Labute approximate surface area is 125 Å². The molecule has 1 amide bonds. The summed E-state index contributed by atoms with van der Waals surface area (Å²) in [5.41, 5.74) is 6.42. The SMILES string of the molecule is CC1(C)CN(c2ccnc(C(N)=O)c2)CC2(CCCC2)O1. The lowest BCUT2D eigenvalue weighted by Gasteiger charge is -2.49. The van der Waals surface area contributed by atoms with Gasteiger partial charge in [0.15, 0.2) is 0 Å². The van der Waals surface area contributed by atoms with Crippen LogP contribution in [0, 0.1) is 0 Å². The molecule has 21 heavy (non-hydrogen) atoms. The molecule has 1 saturated carbocycles. The van der Waals surface area contributed by atoms with Gasteiger partial charge in [-0.25, -0.2) is 0 Å². The minimum Gasteiger partial charge on any atom is -0.366 e. The van der Waals surface area contributed by atoms with Gasteiger partial charge in [0.2, 0.25) is 0 Å². The fourth-order valence-electron chi connectivity index (χ4n) is 3.73. The number of nitrogens with two attached hydrogens (primary N) is 1. The molecule has 0 atom stereocenters. The summed E-state index contributed by atoms with van der Waals surface area (Å²) in [6.07, 6.45) is 6.33. The Bertz CT molecular complexity index is 550. The molecule has 0 aromatic carbocycles. The van der Waals surface area contributed by atoms with Gasteiger partial charge in [-0.1, -0.05) is 12.8 Å². The molecule has 2 heterocycles. The van der Waals surface area contributed by atoms with Crippen molar-refractivity contribution in [3.8, 4) is 0 Å². The highest BCUT2D eigenvalue weighted by molar-refractivity contribution is 5.91. The second-order valence-electron chi connectivity index (χ2n) is 6.87. The van der Waals surface area contributed by atoms with Gasteiger partial charge >= 0.3 is 0 Å². The maximum Gasteiger partial charge on any atom is 0.267 e. The Morgan fingerprint density at radius 3 is 2.71 bits per heavy atom. The maximum atomic E-state index is 11.3. The number of nitrogens with zero attached hydrogens (tertiary/aromatic N) is 2. The molecule has 1 spiro atoms. The lowest BCUT2D eigenvalue weighted by Crippen LogP contribution is -2.58. The summed E-state index contributed by atoms with van der Waals surface area (Å²) in [6, 6.07) is 3.73. The molecule has 2 fully saturated rings. The van der Waals surface area contributed by atoms with Crippen LogP contribution in [-0.4, -0.2) is 35.2 Å². The summed E-state index contributed by atoms with van der Waals surface area (Å²) in [7, 11) is 0. The van der Waals surface area contributed by atoms with Crippen molar-refractivity contribution in [1.29, 1.82) is 0 Å². The molecular weight excluding hydrogens is 266 g/mol. The van der Waals surface area contributed by atoms with Gasteiger partial charge in [0.05, 0.1) is 11.2 Å². The molecule has 5 heteroatoms. The quantitative estimate of drug-likeness (QED) is 0.905. The average molecular weight is 289 g/mol. The number of pyridine rings is 1. The predicted molar refractivity (Wildman–Crippen MR) is 81.3 cm³/mol. The molecular formula is C16H23N3O2. The summed E-state index contributed by atoms with van der Waals surface area (Å²) in [4.78, 5) is 17.7. The summed E-state index contributed by atoms with van der Waals surface area (Å²) in [6.45, 7) is 5.94. The molecule has 2 N–H and O–H groups in total. The van der Waals surface area contributed by atoms with Gasteiger partial charge in [-0.05, 0) is 38.8 Å². The number of hydrogen-bond donors (Lipinski definition) is 1. The average Bonchev–Trinajstić information content (AvgIpc) is 2.84. The van der Waals surface area contributed by atoms with E-state index >= 15 is 0 Å². The van der Waals surface area contributed by atoms with Crippen LogP contribution in [0.3, 0.4) is 0 Å². The van der Waals surface area contributed by atoms with Crippen LogP contribution in [0.1, 0.15) is 50.0 Å². The number of aromatic nitrogens is 1. The highest BCUT2D eigenvalue weighted by atomic mass is 16.5. The third-order valence-corrected chi connectivity index (χ3v) is 4.42. The van der Waals surface area contributed by atoms with Crippen LogP contribution in [0.5, 0.6) is 0 Å². The van der Waals surface area contributed by atoms with Crippen LogP contribution in [0.15, 0.2) is 18.3 Å². The first kappa shape index (κ1) is 14.3. The zero-order chi connectivity index (χ0) is 15.1. The molecule has 1 saturated heterocycles. The van der Waals surface area contributed by atoms with Gasteiger partial charge in [0, 0.05) is 25.0 Å². The van der Waals surface area contributed by atoms with Crippen molar-refractivity contribution in [3.63, 3.8) is 0 Å². The van der Waals surface area contributed by atoms with Gasteiger partial charge in [-0.15, -0.1) is 0 Å². The van der Waals surface area contributed by atoms with Gasteiger partial charge in [-0.2, -0.15) is 0 Å². The monoisotopic (exact) mass is 289 g/mol. The van der Waals surface area contributed by atoms with Crippen molar-refractivity contribution in [2.45, 2.75) is 50.7 Å². The van der Waals surface area contributed by atoms with Crippen molar-refractivity contribution < 1.29 is 9.53 Å². The summed E-state index contributed by atoms with van der Waals surface area (Å²) in [5, 5.41) is 0. The number of ether oxygens (including phenoxy) is 1. The van der Waals surface area contributed by atoms with Gasteiger partial charge < -0.3 is 15.4 Å². The first-order valence-electron chi connectivity index (χ1n) is 7.60. The number of anilines is 1. The molecule has 1 aromatic heterocycles. The Morgan fingerprint density at radius 1 is 1.33 bits per heavy atom. The number of morpholine rings is 1. The molecule has 1 aliphatic heterocycles. The Balaban J connectivity index is 1.90. The van der Waals surface area contributed by atoms with Crippen LogP contribution in [0.25, 0.3) is 0 Å². The summed E-state index contributed by atoms with van der Waals surface area (Å²) >= 11 is 0. The molecule has 3 rings (SSSR count). The van der Waals surface area contributed by atoms with E-state index in [9.17, 15) is 4.79 Å². The van der Waals surface area contributed by atoms with Gasteiger partial charge in [0.1, 0.15) is 5.69 Å². The second kappa shape index (κ2) is 4.98. The van der Waals surface area contributed by atoms with E-state index < -0.39 is 5.91 Å². The van der Waals surface area contributed by atoms with Crippen LogP contribution in [-0.2, 0) is 4.74 Å². The Morgan fingerprint density at radius 2 is 2.05 bits per heavy atom. The van der Waals surface area contributed by atoms with Crippen LogP contribution < -0.4 is 10.6 Å². The predicted octanol–water partition coefficient (Wildman–Crippen LogP) is 2.11.